The minimum Gasteiger partial charge on any atom is -0.484 e. The molecule has 4 aliphatic rings. The summed E-state index contributed by atoms with van der Waals surface area (Å²) in [5, 5.41) is 5.52. The summed E-state index contributed by atoms with van der Waals surface area (Å²) in [5.74, 6) is -0.996. The van der Waals surface area contributed by atoms with Gasteiger partial charge in [-0.1, -0.05) is 11.6 Å². The highest BCUT2D eigenvalue weighted by Gasteiger charge is 2.71. The van der Waals surface area contributed by atoms with Crippen molar-refractivity contribution in [2.24, 2.45) is 4.99 Å². The lowest BCUT2D eigenvalue weighted by molar-refractivity contribution is -0.187. The molecule has 2 N–H and O–H groups in total. The molecule has 2 amide bonds. The predicted octanol–water partition coefficient (Wildman–Crippen LogP) is 1.78. The highest BCUT2D eigenvalue weighted by Crippen LogP contribution is 2.63. The van der Waals surface area contributed by atoms with Crippen molar-refractivity contribution < 1.29 is 27.5 Å². The van der Waals surface area contributed by atoms with Gasteiger partial charge in [0.05, 0.1) is 5.02 Å². The van der Waals surface area contributed by atoms with Gasteiger partial charge in [-0.15, -0.1) is 0 Å². The molecule has 1 heterocycles. The first-order valence-electron chi connectivity index (χ1n) is 9.84. The van der Waals surface area contributed by atoms with Gasteiger partial charge in [0, 0.05) is 37.0 Å². The van der Waals surface area contributed by atoms with E-state index in [4.69, 9.17) is 16.3 Å². The molecule has 31 heavy (non-hydrogen) atoms. The number of nitrogens with zero attached hydrogens (tertiary/aromatic N) is 2. The van der Waals surface area contributed by atoms with Crippen LogP contribution >= 0.6 is 11.6 Å². The van der Waals surface area contributed by atoms with Crippen LogP contribution in [0.3, 0.4) is 0 Å². The molecule has 0 spiro atoms. The fraction of sp³-hybridized carbons (Fsp3) is 0.550. The molecule has 0 aromatic heterocycles. The molecule has 7 nitrogen and oxygen atoms in total. The maximum Gasteiger partial charge on any atom is 0.258 e. The van der Waals surface area contributed by atoms with E-state index in [1.807, 2.05) is 0 Å². The molecule has 11 heteroatoms. The standard InChI is InChI=1S/C20H22ClF3N4O3/c1-28(18(30)15-6-25-14(5-26-15)17(23)24)20-8-19(9-20,10-20)27-16(29)7-31-11-2-3-12(21)13(22)4-11/h2-5,14-15,17,25H,6-10H2,1H3,(H,27,29). The number of halogens is 4. The van der Waals surface area contributed by atoms with E-state index in [2.05, 4.69) is 15.6 Å². The molecule has 1 aromatic carbocycles. The fourth-order valence-corrected chi connectivity index (χ4v) is 4.70. The number of likely N-dealkylation sites (N-methyl/N-ethyl adjacent to an activating group) is 1. The fourth-order valence-electron chi connectivity index (χ4n) is 4.58. The van der Waals surface area contributed by atoms with Crippen molar-refractivity contribution in [1.29, 1.82) is 0 Å². The molecule has 5 rings (SSSR count). The van der Waals surface area contributed by atoms with Crippen LogP contribution in [0.1, 0.15) is 19.3 Å². The first kappa shape index (κ1) is 21.9. The zero-order valence-corrected chi connectivity index (χ0v) is 17.5. The summed E-state index contributed by atoms with van der Waals surface area (Å²) < 4.78 is 44.1. The van der Waals surface area contributed by atoms with Crippen LogP contribution in [0.5, 0.6) is 5.75 Å². The Bertz CT molecular complexity index is 909. The van der Waals surface area contributed by atoms with Crippen molar-refractivity contribution in [3.05, 3.63) is 29.0 Å². The second-order valence-electron chi connectivity index (χ2n) is 8.43. The van der Waals surface area contributed by atoms with E-state index in [0.717, 1.165) is 12.3 Å². The van der Waals surface area contributed by atoms with Crippen LogP contribution in [-0.4, -0.2) is 72.7 Å². The van der Waals surface area contributed by atoms with Crippen molar-refractivity contribution in [2.45, 2.75) is 48.8 Å². The molecule has 1 aromatic rings. The maximum atomic E-state index is 13.4. The summed E-state index contributed by atoms with van der Waals surface area (Å²) in [6.07, 6.45) is 0.343. The van der Waals surface area contributed by atoms with E-state index in [-0.39, 0.29) is 46.8 Å². The monoisotopic (exact) mass is 458 g/mol. The Hall–Kier alpha value is -2.33. The number of alkyl halides is 2. The average molecular weight is 459 g/mol. The normalized spacial score (nSPS) is 30.9. The molecule has 2 bridgehead atoms. The summed E-state index contributed by atoms with van der Waals surface area (Å²) in [6, 6.07) is 2.07. The number of carbonyl (C=O) groups is 2. The van der Waals surface area contributed by atoms with Crippen LogP contribution in [-0.2, 0) is 9.59 Å². The number of nitrogens with one attached hydrogen (secondary N) is 2. The van der Waals surface area contributed by atoms with Crippen molar-refractivity contribution >= 4 is 29.6 Å². The minimum absolute atomic E-state index is 0.0295. The van der Waals surface area contributed by atoms with Gasteiger partial charge in [-0.05, 0) is 31.4 Å². The molecular formula is C20H22ClF3N4O3. The summed E-state index contributed by atoms with van der Waals surface area (Å²) >= 11 is 5.61. The van der Waals surface area contributed by atoms with Gasteiger partial charge in [0.1, 0.15) is 23.7 Å². The average Bonchev–Trinajstić information content (AvgIpc) is 2.69. The van der Waals surface area contributed by atoms with Gasteiger partial charge in [-0.25, -0.2) is 13.2 Å². The number of aliphatic imine (C=N–C) groups is 1. The van der Waals surface area contributed by atoms with Crippen LogP contribution in [0.4, 0.5) is 13.2 Å². The summed E-state index contributed by atoms with van der Waals surface area (Å²) in [6.45, 7) is -0.201. The molecule has 0 radical (unpaired) electrons. The maximum absolute atomic E-state index is 13.4. The van der Waals surface area contributed by atoms with Crippen LogP contribution in [0.15, 0.2) is 23.2 Å². The largest absolute Gasteiger partial charge is 0.484 e. The van der Waals surface area contributed by atoms with Crippen molar-refractivity contribution in [2.75, 3.05) is 20.2 Å². The first-order chi connectivity index (χ1) is 14.6. The topological polar surface area (TPSA) is 83.0 Å². The SMILES string of the molecule is CN(C(=O)C1CNC(C(F)F)C=N1)C12CC(NC(=O)COc3ccc(Cl)c(F)c3)(C1)C2. The molecule has 1 aliphatic heterocycles. The Morgan fingerprint density at radius 2 is 2.10 bits per heavy atom. The lowest BCUT2D eigenvalue weighted by Gasteiger charge is -2.73. The molecular weight excluding hydrogens is 437 g/mol. The number of rotatable bonds is 7. The Labute approximate surface area is 182 Å². The van der Waals surface area contributed by atoms with Gasteiger partial charge in [-0.3, -0.25) is 14.6 Å². The van der Waals surface area contributed by atoms with Crippen LogP contribution in [0.25, 0.3) is 0 Å². The summed E-state index contributed by atoms with van der Waals surface area (Å²) in [4.78, 5) is 30.5. The molecule has 3 aliphatic carbocycles. The van der Waals surface area contributed by atoms with E-state index in [1.165, 1.54) is 12.1 Å². The van der Waals surface area contributed by atoms with Gasteiger partial charge in [0.15, 0.2) is 6.61 Å². The van der Waals surface area contributed by atoms with Gasteiger partial charge in [0.2, 0.25) is 5.91 Å². The van der Waals surface area contributed by atoms with Crippen LogP contribution in [0.2, 0.25) is 5.02 Å². The predicted molar refractivity (Wildman–Crippen MR) is 107 cm³/mol. The van der Waals surface area contributed by atoms with Gasteiger partial charge < -0.3 is 20.3 Å². The Morgan fingerprint density at radius 3 is 2.68 bits per heavy atom. The van der Waals surface area contributed by atoms with Crippen molar-refractivity contribution in [1.82, 2.24) is 15.5 Å². The van der Waals surface area contributed by atoms with Gasteiger partial charge >= 0.3 is 0 Å². The summed E-state index contributed by atoms with van der Waals surface area (Å²) in [7, 11) is 1.68. The number of hydrogen-bond donors (Lipinski definition) is 2. The van der Waals surface area contributed by atoms with Gasteiger partial charge in [0.25, 0.3) is 12.3 Å². The quantitative estimate of drug-likeness (QED) is 0.652. The van der Waals surface area contributed by atoms with Crippen molar-refractivity contribution in [3.8, 4) is 5.75 Å². The number of hydrogen-bond acceptors (Lipinski definition) is 5. The van der Waals surface area contributed by atoms with E-state index in [1.54, 1.807) is 11.9 Å². The van der Waals surface area contributed by atoms with E-state index in [9.17, 15) is 22.8 Å². The third-order valence-electron chi connectivity index (χ3n) is 6.24. The van der Waals surface area contributed by atoms with Crippen LogP contribution in [0, 0.1) is 5.82 Å². The van der Waals surface area contributed by atoms with Gasteiger partial charge in [-0.2, -0.15) is 0 Å². The Morgan fingerprint density at radius 1 is 1.39 bits per heavy atom. The molecule has 3 fully saturated rings. The molecule has 2 atom stereocenters. The molecule has 3 saturated carbocycles. The van der Waals surface area contributed by atoms with E-state index < -0.39 is 24.3 Å². The lowest BCUT2D eigenvalue weighted by atomic mass is 9.43. The minimum atomic E-state index is -2.57. The second-order valence-corrected chi connectivity index (χ2v) is 8.83. The number of benzene rings is 1. The number of ether oxygens (including phenoxy) is 1. The highest BCUT2D eigenvalue weighted by atomic mass is 35.5. The Balaban J connectivity index is 1.24. The molecule has 0 saturated heterocycles. The van der Waals surface area contributed by atoms with Crippen molar-refractivity contribution in [3.63, 3.8) is 0 Å². The number of amides is 2. The zero-order chi connectivity index (χ0) is 22.4. The molecule has 2 unspecified atom stereocenters. The Kier molecular flexibility index (Phi) is 5.63. The second kappa shape index (κ2) is 7.98. The zero-order valence-electron chi connectivity index (χ0n) is 16.7. The lowest BCUT2D eigenvalue weighted by Crippen LogP contribution is -2.84. The van der Waals surface area contributed by atoms with E-state index >= 15 is 0 Å². The van der Waals surface area contributed by atoms with E-state index in [0.29, 0.717) is 19.3 Å². The number of carbonyl (C=O) groups excluding carboxylic acids is 2. The smallest absolute Gasteiger partial charge is 0.258 e. The molecule has 168 valence electrons. The van der Waals surface area contributed by atoms with Crippen LogP contribution < -0.4 is 15.4 Å². The first-order valence-corrected chi connectivity index (χ1v) is 10.2. The third-order valence-corrected chi connectivity index (χ3v) is 6.55. The third kappa shape index (κ3) is 4.10. The summed E-state index contributed by atoms with van der Waals surface area (Å²) in [5.41, 5.74) is -0.727. The highest BCUT2D eigenvalue weighted by molar-refractivity contribution is 6.30.